The van der Waals surface area contributed by atoms with E-state index in [0.717, 1.165) is 37.7 Å². The van der Waals surface area contributed by atoms with Crippen molar-refractivity contribution in [1.29, 1.82) is 0 Å². The highest BCUT2D eigenvalue weighted by Crippen LogP contribution is 2.18. The van der Waals surface area contributed by atoms with Crippen LogP contribution < -0.4 is 15.5 Å². The van der Waals surface area contributed by atoms with Gasteiger partial charge < -0.3 is 20.3 Å². The van der Waals surface area contributed by atoms with Gasteiger partial charge in [0.2, 0.25) is 0 Å². The van der Waals surface area contributed by atoms with Crippen LogP contribution in [0.25, 0.3) is 0 Å². The van der Waals surface area contributed by atoms with Crippen LogP contribution in [0.1, 0.15) is 11.1 Å². The fourth-order valence-electron chi connectivity index (χ4n) is 3.04. The molecule has 1 saturated heterocycles. The lowest BCUT2D eigenvalue weighted by atomic mass is 10.1. The highest BCUT2D eigenvalue weighted by molar-refractivity contribution is 14.0. The minimum Gasteiger partial charge on any atom is -0.378 e. The third kappa shape index (κ3) is 6.30. The number of aliphatic imine (C=N–C) groups is 1. The smallest absolute Gasteiger partial charge is 0.191 e. The third-order valence-corrected chi connectivity index (χ3v) is 4.49. The molecule has 152 valence electrons. The van der Waals surface area contributed by atoms with E-state index >= 15 is 0 Å². The number of ether oxygens (including phenoxy) is 1. The van der Waals surface area contributed by atoms with Gasteiger partial charge in [-0.25, -0.2) is 9.37 Å². The van der Waals surface area contributed by atoms with Crippen LogP contribution in [-0.2, 0) is 17.7 Å². The van der Waals surface area contributed by atoms with E-state index < -0.39 is 0 Å². The lowest BCUT2D eigenvalue weighted by molar-refractivity contribution is 0.122. The molecule has 6 nitrogen and oxygen atoms in total. The first kappa shape index (κ1) is 22.4. The number of morpholine rings is 1. The average Bonchev–Trinajstić information content (AvgIpc) is 2.72. The second kappa shape index (κ2) is 11.8. The molecule has 0 unspecified atom stereocenters. The number of nitrogens with zero attached hydrogens (tertiary/aromatic N) is 3. The van der Waals surface area contributed by atoms with E-state index in [0.29, 0.717) is 31.0 Å². The zero-order chi connectivity index (χ0) is 18.9. The van der Waals surface area contributed by atoms with Gasteiger partial charge in [0, 0.05) is 45.0 Å². The summed E-state index contributed by atoms with van der Waals surface area (Å²) in [5.74, 6) is 1.49. The maximum absolute atomic E-state index is 13.7. The summed E-state index contributed by atoms with van der Waals surface area (Å²) in [6, 6.07) is 10.8. The van der Waals surface area contributed by atoms with Gasteiger partial charge in [0.15, 0.2) is 5.96 Å². The molecule has 8 heteroatoms. The van der Waals surface area contributed by atoms with Crippen LogP contribution in [0.2, 0.25) is 0 Å². The van der Waals surface area contributed by atoms with Crippen LogP contribution >= 0.6 is 24.0 Å². The average molecular weight is 499 g/mol. The van der Waals surface area contributed by atoms with Gasteiger partial charge in [-0.05, 0) is 24.1 Å². The number of hydrogen-bond donors (Lipinski definition) is 2. The third-order valence-electron chi connectivity index (χ3n) is 4.49. The predicted octanol–water partition coefficient (Wildman–Crippen LogP) is 2.58. The Kier molecular flexibility index (Phi) is 9.42. The number of nitrogens with one attached hydrogen (secondary N) is 2. The summed E-state index contributed by atoms with van der Waals surface area (Å²) in [7, 11) is 1.73. The molecule has 0 atom stereocenters. The van der Waals surface area contributed by atoms with Crippen molar-refractivity contribution in [2.75, 3.05) is 44.8 Å². The van der Waals surface area contributed by atoms with Gasteiger partial charge in [-0.3, -0.25) is 4.99 Å². The Morgan fingerprint density at radius 2 is 1.89 bits per heavy atom. The molecule has 1 aromatic carbocycles. The van der Waals surface area contributed by atoms with Gasteiger partial charge in [0.05, 0.1) is 13.2 Å². The maximum atomic E-state index is 13.7. The van der Waals surface area contributed by atoms with E-state index in [-0.39, 0.29) is 29.8 Å². The number of hydrogen-bond acceptors (Lipinski definition) is 4. The monoisotopic (exact) mass is 499 g/mol. The summed E-state index contributed by atoms with van der Waals surface area (Å²) in [6.07, 6.45) is 2.41. The highest BCUT2D eigenvalue weighted by Gasteiger charge is 2.15. The molecule has 3 rings (SSSR count). The molecular weight excluding hydrogens is 472 g/mol. The van der Waals surface area contributed by atoms with E-state index in [2.05, 4.69) is 31.6 Å². The first-order chi connectivity index (χ1) is 13.3. The van der Waals surface area contributed by atoms with Crippen LogP contribution in [0.3, 0.4) is 0 Å². The summed E-state index contributed by atoms with van der Waals surface area (Å²) in [4.78, 5) is 11.0. The number of anilines is 1. The highest BCUT2D eigenvalue weighted by atomic mass is 127. The fraction of sp³-hybridized carbons (Fsp3) is 0.400. The van der Waals surface area contributed by atoms with E-state index in [1.807, 2.05) is 18.3 Å². The van der Waals surface area contributed by atoms with Crippen molar-refractivity contribution in [2.24, 2.45) is 4.99 Å². The van der Waals surface area contributed by atoms with Gasteiger partial charge in [-0.1, -0.05) is 24.3 Å². The quantitative estimate of drug-likeness (QED) is 0.364. The first-order valence-electron chi connectivity index (χ1n) is 9.22. The molecule has 1 aliphatic rings. The maximum Gasteiger partial charge on any atom is 0.191 e. The van der Waals surface area contributed by atoms with Gasteiger partial charge in [0.25, 0.3) is 0 Å². The van der Waals surface area contributed by atoms with Crippen molar-refractivity contribution < 1.29 is 9.13 Å². The molecule has 1 aliphatic heterocycles. The topological polar surface area (TPSA) is 61.8 Å². The first-order valence-corrected chi connectivity index (χ1v) is 9.22. The summed E-state index contributed by atoms with van der Waals surface area (Å²) >= 11 is 0. The second-order valence-corrected chi connectivity index (χ2v) is 6.28. The van der Waals surface area contributed by atoms with Crippen LogP contribution in [-0.4, -0.2) is 50.8 Å². The van der Waals surface area contributed by atoms with Gasteiger partial charge >= 0.3 is 0 Å². The molecule has 1 aromatic heterocycles. The van der Waals surface area contributed by atoms with Crippen molar-refractivity contribution in [3.8, 4) is 0 Å². The summed E-state index contributed by atoms with van der Waals surface area (Å²) < 4.78 is 19.1. The molecule has 2 aromatic rings. The van der Waals surface area contributed by atoms with E-state index in [1.165, 1.54) is 6.07 Å². The van der Waals surface area contributed by atoms with Gasteiger partial charge in [-0.2, -0.15) is 0 Å². The summed E-state index contributed by atoms with van der Waals surface area (Å²) in [6.45, 7) is 4.36. The molecule has 0 radical (unpaired) electrons. The van der Waals surface area contributed by atoms with Crippen LogP contribution in [0.5, 0.6) is 0 Å². The molecule has 2 N–H and O–H groups in total. The second-order valence-electron chi connectivity index (χ2n) is 6.28. The van der Waals surface area contributed by atoms with Crippen LogP contribution in [0, 0.1) is 5.82 Å². The fourth-order valence-corrected chi connectivity index (χ4v) is 3.04. The number of pyridine rings is 1. The van der Waals surface area contributed by atoms with Crippen LogP contribution in [0.15, 0.2) is 47.6 Å². The van der Waals surface area contributed by atoms with Crippen molar-refractivity contribution in [2.45, 2.75) is 13.0 Å². The molecule has 0 spiro atoms. The number of benzene rings is 1. The lowest BCUT2D eigenvalue weighted by Gasteiger charge is -2.29. The van der Waals surface area contributed by atoms with Crippen LogP contribution in [0.4, 0.5) is 10.2 Å². The number of guanidine groups is 1. The van der Waals surface area contributed by atoms with Gasteiger partial charge in [-0.15, -0.1) is 24.0 Å². The number of rotatable bonds is 6. The van der Waals surface area contributed by atoms with Crippen molar-refractivity contribution >= 4 is 35.8 Å². The minimum absolute atomic E-state index is 0. The Morgan fingerprint density at radius 3 is 2.64 bits per heavy atom. The Labute approximate surface area is 182 Å². The van der Waals surface area contributed by atoms with Gasteiger partial charge in [0.1, 0.15) is 11.6 Å². The molecule has 2 heterocycles. The van der Waals surface area contributed by atoms with Crippen molar-refractivity contribution in [3.63, 3.8) is 0 Å². The molecular formula is C20H27FIN5O. The molecule has 0 saturated carbocycles. The summed E-state index contributed by atoms with van der Waals surface area (Å²) in [5, 5.41) is 6.55. The Bertz CT molecular complexity index is 768. The molecule has 1 fully saturated rings. The number of halogens is 2. The van der Waals surface area contributed by atoms with Crippen molar-refractivity contribution in [3.05, 3.63) is 59.5 Å². The zero-order valence-corrected chi connectivity index (χ0v) is 18.4. The molecule has 0 amide bonds. The molecule has 0 bridgehead atoms. The van der Waals surface area contributed by atoms with E-state index in [9.17, 15) is 4.39 Å². The largest absolute Gasteiger partial charge is 0.378 e. The van der Waals surface area contributed by atoms with Crippen molar-refractivity contribution in [1.82, 2.24) is 15.6 Å². The minimum atomic E-state index is -0.173. The zero-order valence-electron chi connectivity index (χ0n) is 16.0. The molecule has 0 aliphatic carbocycles. The number of aromatic nitrogens is 1. The Hall–Kier alpha value is -1.94. The summed E-state index contributed by atoms with van der Waals surface area (Å²) in [5.41, 5.74) is 1.80. The Balaban J connectivity index is 0.00000280. The lowest BCUT2D eigenvalue weighted by Crippen LogP contribution is -2.40. The SMILES string of the molecule is CN=C(NCCc1ccccc1F)NCc1cccnc1N1CCOCC1.I. The van der Waals surface area contributed by atoms with E-state index in [4.69, 9.17) is 4.74 Å². The standard InChI is InChI=1S/C20H26FN5O.HI/c1-22-20(24-10-8-16-5-2-3-7-18(16)21)25-15-17-6-4-9-23-19(17)26-11-13-27-14-12-26;/h2-7,9H,8,10-15H2,1H3,(H2,22,24,25);1H. The Morgan fingerprint density at radius 1 is 1.14 bits per heavy atom. The normalized spacial score (nSPS) is 14.4. The van der Waals surface area contributed by atoms with E-state index in [1.54, 1.807) is 19.2 Å². The molecule has 28 heavy (non-hydrogen) atoms. The predicted molar refractivity (Wildman–Crippen MR) is 121 cm³/mol.